The van der Waals surface area contributed by atoms with Crippen LogP contribution in [0.2, 0.25) is 0 Å². The van der Waals surface area contributed by atoms with Crippen LogP contribution in [-0.4, -0.2) is 68.1 Å². The maximum absolute atomic E-state index is 13.0. The van der Waals surface area contributed by atoms with Gasteiger partial charge in [-0.05, 0) is 50.1 Å². The number of morpholine rings is 1. The topological polar surface area (TPSA) is 85.4 Å². The Balaban J connectivity index is 1.55. The maximum Gasteiger partial charge on any atom is 0.265 e. The lowest BCUT2D eigenvalue weighted by molar-refractivity contribution is -0.138. The highest BCUT2D eigenvalue weighted by Gasteiger charge is 2.36. The molecule has 174 valence electrons. The van der Waals surface area contributed by atoms with E-state index in [0.29, 0.717) is 49.1 Å². The number of amides is 2. The molecule has 0 bridgehead atoms. The molecule has 33 heavy (non-hydrogen) atoms. The number of anilines is 1. The number of hydrogen-bond donors (Lipinski definition) is 0. The summed E-state index contributed by atoms with van der Waals surface area (Å²) in [5.74, 6) is 0.435. The number of carbonyl (C=O) groups is 3. The third-order valence-corrected chi connectivity index (χ3v) is 5.98. The third kappa shape index (κ3) is 4.71. The molecule has 0 spiro atoms. The van der Waals surface area contributed by atoms with Crippen molar-refractivity contribution in [2.24, 2.45) is 0 Å². The molecule has 8 nitrogen and oxygen atoms in total. The fourth-order valence-corrected chi connectivity index (χ4v) is 4.18. The number of aryl methyl sites for hydroxylation is 2. The Morgan fingerprint density at radius 1 is 1.09 bits per heavy atom. The van der Waals surface area contributed by atoms with E-state index in [1.54, 1.807) is 30.0 Å². The number of rotatable bonds is 6. The summed E-state index contributed by atoms with van der Waals surface area (Å²) in [4.78, 5) is 41.8. The van der Waals surface area contributed by atoms with Gasteiger partial charge in [0.2, 0.25) is 5.91 Å². The minimum Gasteiger partial charge on any atom is -0.485 e. The first kappa shape index (κ1) is 22.8. The summed E-state index contributed by atoms with van der Waals surface area (Å²) in [6, 6.07) is 9.98. The maximum atomic E-state index is 13.0. The second-order valence-corrected chi connectivity index (χ2v) is 8.28. The van der Waals surface area contributed by atoms with Gasteiger partial charge in [0.05, 0.1) is 18.9 Å². The summed E-state index contributed by atoms with van der Waals surface area (Å²) >= 11 is 0. The number of nitrogens with zero attached hydrogens (tertiary/aromatic N) is 2. The molecular weight excluding hydrogens is 424 g/mol. The van der Waals surface area contributed by atoms with Crippen LogP contribution in [0.3, 0.4) is 0 Å². The van der Waals surface area contributed by atoms with Crippen LogP contribution in [0.1, 0.15) is 28.4 Å². The molecule has 0 aliphatic carbocycles. The van der Waals surface area contributed by atoms with Crippen molar-refractivity contribution in [3.63, 3.8) is 0 Å². The van der Waals surface area contributed by atoms with Crippen LogP contribution in [0.5, 0.6) is 11.5 Å². The van der Waals surface area contributed by atoms with Crippen molar-refractivity contribution < 1.29 is 28.6 Å². The number of benzene rings is 2. The highest BCUT2D eigenvalue weighted by Crippen LogP contribution is 2.35. The Labute approximate surface area is 193 Å². The zero-order chi connectivity index (χ0) is 23.5. The van der Waals surface area contributed by atoms with Crippen LogP contribution in [0.25, 0.3) is 0 Å². The Morgan fingerprint density at radius 3 is 2.48 bits per heavy atom. The molecule has 0 unspecified atom stereocenters. The first-order chi connectivity index (χ1) is 15.9. The van der Waals surface area contributed by atoms with E-state index < -0.39 is 6.04 Å². The molecule has 2 aliphatic rings. The monoisotopic (exact) mass is 452 g/mol. The summed E-state index contributed by atoms with van der Waals surface area (Å²) in [6.45, 7) is 7.20. The summed E-state index contributed by atoms with van der Waals surface area (Å²) in [5.41, 5.74) is 2.70. The molecule has 2 aromatic rings. The van der Waals surface area contributed by atoms with Gasteiger partial charge in [-0.25, -0.2) is 0 Å². The highest BCUT2D eigenvalue weighted by molar-refractivity contribution is 6.05. The fraction of sp³-hybridized carbons (Fsp3) is 0.400. The second kappa shape index (κ2) is 9.62. The van der Waals surface area contributed by atoms with E-state index in [4.69, 9.17) is 14.2 Å². The zero-order valence-electron chi connectivity index (χ0n) is 19.1. The molecule has 2 amide bonds. The average Bonchev–Trinajstić information content (AvgIpc) is 2.83. The minimum atomic E-state index is -0.727. The van der Waals surface area contributed by atoms with Gasteiger partial charge in [-0.2, -0.15) is 0 Å². The Morgan fingerprint density at radius 2 is 1.79 bits per heavy atom. The van der Waals surface area contributed by atoms with Gasteiger partial charge < -0.3 is 19.1 Å². The number of carbonyl (C=O) groups excluding carboxylic acids is 3. The SMILES string of the molecule is Cc1cccc(C)c1OCC(=O)c1ccc2c(c1)N([C@H](C)C(=O)N1CCOCC1)C(=O)CO2. The van der Waals surface area contributed by atoms with Gasteiger partial charge in [-0.1, -0.05) is 18.2 Å². The predicted octanol–water partition coefficient (Wildman–Crippen LogP) is 2.54. The van der Waals surface area contributed by atoms with Crippen molar-refractivity contribution in [1.29, 1.82) is 0 Å². The quantitative estimate of drug-likeness (QED) is 0.627. The van der Waals surface area contributed by atoms with E-state index in [1.807, 2.05) is 32.0 Å². The first-order valence-electron chi connectivity index (χ1n) is 11.0. The van der Waals surface area contributed by atoms with Crippen molar-refractivity contribution in [1.82, 2.24) is 4.90 Å². The molecule has 2 heterocycles. The summed E-state index contributed by atoms with van der Waals surface area (Å²) < 4.78 is 16.7. The van der Waals surface area contributed by atoms with E-state index in [9.17, 15) is 14.4 Å². The van der Waals surface area contributed by atoms with Gasteiger partial charge >= 0.3 is 0 Å². The van der Waals surface area contributed by atoms with E-state index in [1.165, 1.54) is 4.90 Å². The van der Waals surface area contributed by atoms with E-state index in [0.717, 1.165) is 11.1 Å². The molecular formula is C25H28N2O6. The minimum absolute atomic E-state index is 0.137. The average molecular weight is 453 g/mol. The summed E-state index contributed by atoms with van der Waals surface area (Å²) in [6.07, 6.45) is 0. The zero-order valence-corrected chi connectivity index (χ0v) is 19.1. The third-order valence-electron chi connectivity index (χ3n) is 5.98. The van der Waals surface area contributed by atoms with E-state index in [2.05, 4.69) is 0 Å². The fourth-order valence-electron chi connectivity index (χ4n) is 4.18. The Bertz CT molecular complexity index is 1060. The van der Waals surface area contributed by atoms with Crippen LogP contribution in [-0.2, 0) is 14.3 Å². The number of hydrogen-bond acceptors (Lipinski definition) is 6. The van der Waals surface area contributed by atoms with Crippen LogP contribution in [0.15, 0.2) is 36.4 Å². The van der Waals surface area contributed by atoms with E-state index >= 15 is 0 Å². The normalized spacial score (nSPS) is 16.6. The summed E-state index contributed by atoms with van der Waals surface area (Å²) in [5, 5.41) is 0. The van der Waals surface area contributed by atoms with Crippen LogP contribution in [0.4, 0.5) is 5.69 Å². The number of ether oxygens (including phenoxy) is 3. The predicted molar refractivity (Wildman–Crippen MR) is 122 cm³/mol. The lowest BCUT2D eigenvalue weighted by Gasteiger charge is -2.37. The molecule has 2 aromatic carbocycles. The Hall–Kier alpha value is -3.39. The lowest BCUT2D eigenvalue weighted by atomic mass is 10.1. The van der Waals surface area contributed by atoms with Gasteiger partial charge in [0, 0.05) is 18.7 Å². The van der Waals surface area contributed by atoms with Crippen molar-refractivity contribution >= 4 is 23.3 Å². The molecule has 0 radical (unpaired) electrons. The van der Waals surface area contributed by atoms with Gasteiger partial charge in [0.25, 0.3) is 5.91 Å². The van der Waals surface area contributed by atoms with Crippen LogP contribution in [0, 0.1) is 13.8 Å². The lowest BCUT2D eigenvalue weighted by Crippen LogP contribution is -2.54. The smallest absolute Gasteiger partial charge is 0.265 e. The molecule has 1 saturated heterocycles. The van der Waals surface area contributed by atoms with Crippen molar-refractivity contribution in [2.45, 2.75) is 26.8 Å². The highest BCUT2D eigenvalue weighted by atomic mass is 16.5. The van der Waals surface area contributed by atoms with Gasteiger partial charge in [-0.3, -0.25) is 19.3 Å². The molecule has 0 N–H and O–H groups in total. The second-order valence-electron chi connectivity index (χ2n) is 8.28. The number of Topliss-reactive ketones (excluding diaryl/α,β-unsaturated/α-hetero) is 1. The van der Waals surface area contributed by atoms with Crippen molar-refractivity contribution in [2.75, 3.05) is 44.4 Å². The van der Waals surface area contributed by atoms with Crippen molar-refractivity contribution in [3.8, 4) is 11.5 Å². The van der Waals surface area contributed by atoms with Crippen molar-refractivity contribution in [3.05, 3.63) is 53.1 Å². The molecule has 1 fully saturated rings. The number of para-hydroxylation sites is 1. The standard InChI is InChI=1S/C25H28N2O6/c1-16-5-4-6-17(2)24(16)33-14-21(28)19-7-8-22-20(13-19)27(23(29)15-32-22)18(3)25(30)26-9-11-31-12-10-26/h4-8,13,18H,9-12,14-15H2,1-3H3/t18-/m1/s1. The first-order valence-corrected chi connectivity index (χ1v) is 11.0. The Kier molecular flexibility index (Phi) is 6.65. The molecule has 4 rings (SSSR count). The van der Waals surface area contributed by atoms with E-state index in [-0.39, 0.29) is 30.8 Å². The number of ketones is 1. The molecule has 1 atom stereocenters. The molecule has 0 aromatic heterocycles. The summed E-state index contributed by atoms with van der Waals surface area (Å²) in [7, 11) is 0. The largest absolute Gasteiger partial charge is 0.485 e. The molecule has 0 saturated carbocycles. The van der Waals surface area contributed by atoms with Crippen LogP contribution >= 0.6 is 0 Å². The molecule has 2 aliphatic heterocycles. The van der Waals surface area contributed by atoms with Crippen LogP contribution < -0.4 is 14.4 Å². The number of fused-ring (bicyclic) bond motifs is 1. The molecule has 8 heteroatoms. The van der Waals surface area contributed by atoms with Gasteiger partial charge in [-0.15, -0.1) is 0 Å². The van der Waals surface area contributed by atoms with Gasteiger partial charge in [0.1, 0.15) is 17.5 Å². The van der Waals surface area contributed by atoms with Gasteiger partial charge in [0.15, 0.2) is 19.0 Å².